The Morgan fingerprint density at radius 1 is 1.42 bits per heavy atom. The Bertz CT molecular complexity index is 156. The van der Waals surface area contributed by atoms with E-state index in [1.165, 1.54) is 0 Å². The Balaban J connectivity index is 2.58. The third-order valence-electron chi connectivity index (χ3n) is 1.77. The van der Waals surface area contributed by atoms with Crippen molar-refractivity contribution in [3.8, 4) is 0 Å². The van der Waals surface area contributed by atoms with Gasteiger partial charge < -0.3 is 20.1 Å². The Morgan fingerprint density at radius 3 is 2.33 bits per heavy atom. The highest BCUT2D eigenvalue weighted by atomic mass is 19.2. The molecule has 3 N–H and O–H groups in total. The van der Waals surface area contributed by atoms with Crippen molar-refractivity contribution in [3.05, 3.63) is 0 Å². The van der Waals surface area contributed by atoms with Gasteiger partial charge in [0.05, 0.1) is 6.61 Å². The van der Waals surface area contributed by atoms with Gasteiger partial charge in [0, 0.05) is 0 Å². The predicted molar refractivity (Wildman–Crippen MR) is 33.8 cm³/mol. The van der Waals surface area contributed by atoms with Gasteiger partial charge in [0.25, 0.3) is 0 Å². The summed E-state index contributed by atoms with van der Waals surface area (Å²) >= 11 is 0. The molecule has 1 heterocycles. The molecule has 0 saturated carbocycles. The molecular formula is C6H10F2O4. The maximum Gasteiger partial charge on any atom is 0.233 e. The van der Waals surface area contributed by atoms with Gasteiger partial charge in [0.1, 0.15) is 18.3 Å². The highest BCUT2D eigenvalue weighted by Crippen LogP contribution is 2.26. The van der Waals surface area contributed by atoms with Gasteiger partial charge in [0.2, 0.25) is 6.36 Å². The maximum atomic E-state index is 12.5. The number of rotatable bonds is 2. The van der Waals surface area contributed by atoms with Gasteiger partial charge in [-0.05, 0) is 0 Å². The van der Waals surface area contributed by atoms with Crippen molar-refractivity contribution >= 4 is 0 Å². The Hall–Kier alpha value is -0.300. The van der Waals surface area contributed by atoms with E-state index in [2.05, 4.69) is 4.74 Å². The van der Waals surface area contributed by atoms with Crippen LogP contribution in [0.5, 0.6) is 0 Å². The van der Waals surface area contributed by atoms with Crippen LogP contribution in [0.1, 0.15) is 0 Å². The van der Waals surface area contributed by atoms with E-state index in [-0.39, 0.29) is 0 Å². The lowest BCUT2D eigenvalue weighted by Gasteiger charge is -2.17. The lowest BCUT2D eigenvalue weighted by Crippen LogP contribution is -2.39. The normalized spacial score (nSPS) is 44.8. The van der Waals surface area contributed by atoms with Crippen LogP contribution in [0, 0.1) is 0 Å². The zero-order valence-corrected chi connectivity index (χ0v) is 6.10. The van der Waals surface area contributed by atoms with Gasteiger partial charge in [-0.3, -0.25) is 0 Å². The van der Waals surface area contributed by atoms with Crippen LogP contribution < -0.4 is 0 Å². The second-order valence-corrected chi connectivity index (χ2v) is 2.64. The molecule has 0 aromatic heterocycles. The molecule has 0 unspecified atom stereocenters. The Labute approximate surface area is 67.4 Å². The molecule has 5 atom stereocenters. The summed E-state index contributed by atoms with van der Waals surface area (Å²) < 4.78 is 29.1. The fourth-order valence-electron chi connectivity index (χ4n) is 1.06. The molecule has 0 amide bonds. The smallest absolute Gasteiger partial charge is 0.233 e. The van der Waals surface area contributed by atoms with Gasteiger partial charge in [-0.2, -0.15) is 0 Å². The molecule has 0 radical (unpaired) electrons. The number of alkyl halides is 2. The Kier molecular flexibility index (Phi) is 2.94. The molecule has 4 nitrogen and oxygen atoms in total. The summed E-state index contributed by atoms with van der Waals surface area (Å²) in [5, 5.41) is 26.2. The van der Waals surface area contributed by atoms with Crippen molar-refractivity contribution in [1.82, 2.24) is 0 Å². The van der Waals surface area contributed by atoms with Crippen LogP contribution in [0.4, 0.5) is 8.78 Å². The van der Waals surface area contributed by atoms with Crippen LogP contribution in [0.2, 0.25) is 0 Å². The topological polar surface area (TPSA) is 69.9 Å². The first-order valence-electron chi connectivity index (χ1n) is 3.48. The van der Waals surface area contributed by atoms with E-state index in [0.717, 1.165) is 0 Å². The summed E-state index contributed by atoms with van der Waals surface area (Å²) in [6.07, 6.45) is -8.96. The fraction of sp³-hybridized carbons (Fsp3) is 1.00. The minimum absolute atomic E-state index is 0.707. The second-order valence-electron chi connectivity index (χ2n) is 2.64. The third-order valence-corrected chi connectivity index (χ3v) is 1.77. The van der Waals surface area contributed by atoms with E-state index in [1.54, 1.807) is 0 Å². The van der Waals surface area contributed by atoms with Crippen LogP contribution in [-0.2, 0) is 4.74 Å². The summed E-state index contributed by atoms with van der Waals surface area (Å²) in [7, 11) is 0. The summed E-state index contributed by atoms with van der Waals surface area (Å²) in [4.78, 5) is 0. The van der Waals surface area contributed by atoms with Crippen molar-refractivity contribution in [2.75, 3.05) is 6.61 Å². The first-order chi connectivity index (χ1) is 5.57. The van der Waals surface area contributed by atoms with Crippen LogP contribution >= 0.6 is 0 Å². The number of hydrogen-bond acceptors (Lipinski definition) is 4. The molecule has 1 rings (SSSR count). The second kappa shape index (κ2) is 3.61. The number of aliphatic hydroxyl groups excluding tert-OH is 3. The number of aliphatic hydroxyl groups is 3. The van der Waals surface area contributed by atoms with Crippen molar-refractivity contribution in [3.63, 3.8) is 0 Å². The minimum atomic E-state index is -2.23. The van der Waals surface area contributed by atoms with Crippen molar-refractivity contribution in [2.45, 2.75) is 30.8 Å². The minimum Gasteiger partial charge on any atom is -0.394 e. The van der Waals surface area contributed by atoms with Gasteiger partial charge in [-0.1, -0.05) is 0 Å². The fourth-order valence-corrected chi connectivity index (χ4v) is 1.06. The van der Waals surface area contributed by atoms with Crippen molar-refractivity contribution in [2.24, 2.45) is 0 Å². The monoisotopic (exact) mass is 184 g/mol. The summed E-state index contributed by atoms with van der Waals surface area (Å²) in [6.45, 7) is -0.707. The molecular weight excluding hydrogens is 174 g/mol. The molecule has 0 aromatic rings. The predicted octanol–water partition coefficient (Wildman–Crippen LogP) is -1.27. The number of ether oxygens (including phenoxy) is 1. The molecule has 0 bridgehead atoms. The Morgan fingerprint density at radius 2 is 2.00 bits per heavy atom. The lowest BCUT2D eigenvalue weighted by molar-refractivity contribution is -0.111. The quantitative estimate of drug-likeness (QED) is 0.500. The highest BCUT2D eigenvalue weighted by Gasteiger charge is 2.47. The van der Waals surface area contributed by atoms with Crippen LogP contribution in [0.15, 0.2) is 0 Å². The SMILES string of the molecule is OC[C@@H](O)[C@H]1O[C@@H](F)[C@@H](F)[C@H]1O. The van der Waals surface area contributed by atoms with Crippen molar-refractivity contribution < 1.29 is 28.8 Å². The zero-order valence-electron chi connectivity index (χ0n) is 6.10. The van der Waals surface area contributed by atoms with Gasteiger partial charge in [-0.15, -0.1) is 0 Å². The standard InChI is InChI=1S/C6H10F2O4/c7-3-4(11)5(2(10)1-9)12-6(3)8/h2-6,9-11H,1H2/t2-,3+,4-,5-,6-/m1/s1. The summed E-state index contributed by atoms with van der Waals surface area (Å²) in [5.41, 5.74) is 0. The van der Waals surface area contributed by atoms with E-state index < -0.39 is 37.4 Å². The maximum absolute atomic E-state index is 12.5. The first kappa shape index (κ1) is 9.79. The molecule has 0 spiro atoms. The largest absolute Gasteiger partial charge is 0.394 e. The molecule has 1 aliphatic heterocycles. The average Bonchev–Trinajstić information content (AvgIpc) is 2.32. The van der Waals surface area contributed by atoms with Crippen LogP contribution in [-0.4, -0.2) is 52.8 Å². The molecule has 0 aliphatic carbocycles. The van der Waals surface area contributed by atoms with E-state index >= 15 is 0 Å². The van der Waals surface area contributed by atoms with Crippen LogP contribution in [0.3, 0.4) is 0 Å². The summed E-state index contributed by atoms with van der Waals surface area (Å²) in [5.74, 6) is 0. The van der Waals surface area contributed by atoms with Gasteiger partial charge in [0.15, 0.2) is 6.17 Å². The molecule has 6 heteroatoms. The van der Waals surface area contributed by atoms with Gasteiger partial charge >= 0.3 is 0 Å². The molecule has 12 heavy (non-hydrogen) atoms. The molecule has 1 saturated heterocycles. The van der Waals surface area contributed by atoms with E-state index in [9.17, 15) is 8.78 Å². The first-order valence-corrected chi connectivity index (χ1v) is 3.48. The van der Waals surface area contributed by atoms with Crippen molar-refractivity contribution in [1.29, 1.82) is 0 Å². The highest BCUT2D eigenvalue weighted by molar-refractivity contribution is 4.90. The molecule has 72 valence electrons. The third kappa shape index (κ3) is 1.56. The molecule has 1 aliphatic rings. The number of halogens is 2. The van der Waals surface area contributed by atoms with E-state index in [4.69, 9.17) is 15.3 Å². The van der Waals surface area contributed by atoms with E-state index in [1.807, 2.05) is 0 Å². The van der Waals surface area contributed by atoms with Gasteiger partial charge in [-0.25, -0.2) is 8.78 Å². The van der Waals surface area contributed by atoms with E-state index in [0.29, 0.717) is 0 Å². The molecule has 0 aromatic carbocycles. The average molecular weight is 184 g/mol. The summed E-state index contributed by atoms with van der Waals surface area (Å²) in [6, 6.07) is 0. The molecule has 1 fully saturated rings. The van der Waals surface area contributed by atoms with Crippen LogP contribution in [0.25, 0.3) is 0 Å². The zero-order chi connectivity index (χ0) is 9.30. The number of hydrogen-bond donors (Lipinski definition) is 3. The lowest BCUT2D eigenvalue weighted by atomic mass is 10.1.